The second-order valence-corrected chi connectivity index (χ2v) is 3.76. The van der Waals surface area contributed by atoms with Crippen LogP contribution in [0.4, 0.5) is 0 Å². The lowest BCUT2D eigenvalue weighted by molar-refractivity contribution is 0.367. The van der Waals surface area contributed by atoms with Gasteiger partial charge in [0.1, 0.15) is 0 Å². The van der Waals surface area contributed by atoms with Gasteiger partial charge in [0.05, 0.1) is 0 Å². The third-order valence-corrected chi connectivity index (χ3v) is 2.92. The molecule has 1 aliphatic rings. The summed E-state index contributed by atoms with van der Waals surface area (Å²) in [6, 6.07) is 0. The van der Waals surface area contributed by atoms with Gasteiger partial charge in [-0.25, -0.2) is 0 Å². The zero-order valence-electron chi connectivity index (χ0n) is 10.7. The third-order valence-electron chi connectivity index (χ3n) is 2.92. The molecule has 0 aromatic heterocycles. The summed E-state index contributed by atoms with van der Waals surface area (Å²) in [7, 11) is 0. The maximum Gasteiger partial charge on any atom is -0.00988 e. The van der Waals surface area contributed by atoms with Crippen LogP contribution in [0.2, 0.25) is 0 Å². The Morgan fingerprint density at radius 2 is 1.93 bits per heavy atom. The minimum absolute atomic E-state index is 0.698. The van der Waals surface area contributed by atoms with E-state index in [0.717, 1.165) is 5.92 Å². The largest absolute Gasteiger partial charge is 0.0952 e. The summed E-state index contributed by atoms with van der Waals surface area (Å²) in [5, 5.41) is 0. The minimum Gasteiger partial charge on any atom is -0.0952 e. The van der Waals surface area contributed by atoms with Gasteiger partial charge in [-0.2, -0.15) is 0 Å². The van der Waals surface area contributed by atoms with Crippen molar-refractivity contribution in [2.45, 2.75) is 40.5 Å². The molecule has 0 aromatic rings. The topological polar surface area (TPSA) is 0 Å². The first-order valence-corrected chi connectivity index (χ1v) is 6.07. The highest BCUT2D eigenvalue weighted by Crippen LogP contribution is 2.46. The van der Waals surface area contributed by atoms with Crippen LogP contribution in [0.1, 0.15) is 40.5 Å². The molecule has 0 aliphatic heterocycles. The molecule has 1 unspecified atom stereocenters. The van der Waals surface area contributed by atoms with Crippen molar-refractivity contribution in [3.8, 4) is 0 Å². The third kappa shape index (κ3) is 3.37. The second kappa shape index (κ2) is 7.50. The quantitative estimate of drug-likeness (QED) is 0.611. The zero-order valence-corrected chi connectivity index (χ0v) is 10.7. The van der Waals surface area contributed by atoms with E-state index < -0.39 is 0 Å². The molecule has 15 heavy (non-hydrogen) atoms. The predicted molar refractivity (Wildman–Crippen MR) is 70.6 cm³/mol. The van der Waals surface area contributed by atoms with E-state index >= 15 is 0 Å². The fourth-order valence-corrected chi connectivity index (χ4v) is 2.09. The van der Waals surface area contributed by atoms with Crippen molar-refractivity contribution in [1.29, 1.82) is 0 Å². The first-order valence-electron chi connectivity index (χ1n) is 6.07. The van der Waals surface area contributed by atoms with Gasteiger partial charge in [0, 0.05) is 0 Å². The molecule has 0 heteroatoms. The highest BCUT2D eigenvalue weighted by atomic mass is 14.4. The van der Waals surface area contributed by atoms with Crippen LogP contribution in [0.15, 0.2) is 36.0 Å². The molecule has 0 amide bonds. The molecular weight excluding hydrogens is 180 g/mol. The van der Waals surface area contributed by atoms with Gasteiger partial charge < -0.3 is 0 Å². The Kier molecular flexibility index (Phi) is 7.11. The Balaban J connectivity index is 0.000000921. The average molecular weight is 205 g/mol. The van der Waals surface area contributed by atoms with Gasteiger partial charge in [-0.05, 0) is 36.3 Å². The van der Waals surface area contributed by atoms with Crippen LogP contribution in [0.5, 0.6) is 0 Å². The SMILES string of the molecule is CC.[CH2]/C=C/C=C1\C(=C)[C@@H](CCC)C1C. The van der Waals surface area contributed by atoms with Gasteiger partial charge >= 0.3 is 0 Å². The van der Waals surface area contributed by atoms with E-state index in [2.05, 4.69) is 33.4 Å². The lowest BCUT2D eigenvalue weighted by Crippen LogP contribution is -2.29. The molecule has 0 heterocycles. The number of allylic oxidation sites excluding steroid dienone is 5. The minimum atomic E-state index is 0.698. The van der Waals surface area contributed by atoms with Crippen LogP contribution in [0.25, 0.3) is 0 Å². The summed E-state index contributed by atoms with van der Waals surface area (Å²) in [6.45, 7) is 16.3. The standard InChI is InChI=1S/C13H19.C2H6/c1-5-7-9-13-10(3)12(8-6-2)11(13)4;1-2/h5,7,9,11-12H,1,3,6,8H2,2,4H3;1-2H3/b7-5+,13-9+;/t11?,12-;/m1./s1. The van der Waals surface area contributed by atoms with Gasteiger partial charge in [0.25, 0.3) is 0 Å². The van der Waals surface area contributed by atoms with E-state index in [1.807, 2.05) is 26.0 Å². The molecule has 1 radical (unpaired) electrons. The smallest absolute Gasteiger partial charge is 0.00988 e. The lowest BCUT2D eigenvalue weighted by Gasteiger charge is -2.40. The Bertz CT molecular complexity index is 243. The molecule has 0 nitrogen and oxygen atoms in total. The number of rotatable bonds is 3. The van der Waals surface area contributed by atoms with E-state index in [9.17, 15) is 0 Å². The second-order valence-electron chi connectivity index (χ2n) is 3.76. The Labute approximate surface area is 95.8 Å². The summed E-state index contributed by atoms with van der Waals surface area (Å²) in [5.41, 5.74) is 2.76. The fourth-order valence-electron chi connectivity index (χ4n) is 2.09. The van der Waals surface area contributed by atoms with Crippen LogP contribution >= 0.6 is 0 Å². The molecule has 0 spiro atoms. The molecule has 0 saturated heterocycles. The molecule has 85 valence electrons. The Morgan fingerprint density at radius 3 is 2.33 bits per heavy atom. The lowest BCUT2D eigenvalue weighted by atomic mass is 9.65. The zero-order chi connectivity index (χ0) is 11.8. The molecule has 1 rings (SSSR count). The van der Waals surface area contributed by atoms with E-state index in [0.29, 0.717) is 5.92 Å². The van der Waals surface area contributed by atoms with Crippen LogP contribution < -0.4 is 0 Å². The van der Waals surface area contributed by atoms with Crippen LogP contribution in [0.3, 0.4) is 0 Å². The van der Waals surface area contributed by atoms with E-state index in [4.69, 9.17) is 0 Å². The van der Waals surface area contributed by atoms with Crippen molar-refractivity contribution in [3.05, 3.63) is 42.9 Å². The molecule has 0 N–H and O–H groups in total. The monoisotopic (exact) mass is 205 g/mol. The van der Waals surface area contributed by atoms with Crippen LogP contribution in [-0.4, -0.2) is 0 Å². The van der Waals surface area contributed by atoms with Gasteiger partial charge in [0.15, 0.2) is 0 Å². The van der Waals surface area contributed by atoms with E-state index in [1.54, 1.807) is 0 Å². The van der Waals surface area contributed by atoms with E-state index in [-0.39, 0.29) is 0 Å². The van der Waals surface area contributed by atoms with Gasteiger partial charge in [-0.1, -0.05) is 58.9 Å². The van der Waals surface area contributed by atoms with Crippen molar-refractivity contribution in [1.82, 2.24) is 0 Å². The van der Waals surface area contributed by atoms with Gasteiger partial charge in [-0.15, -0.1) is 0 Å². The maximum absolute atomic E-state index is 4.12. The Morgan fingerprint density at radius 1 is 1.33 bits per heavy atom. The van der Waals surface area contributed by atoms with Crippen molar-refractivity contribution >= 4 is 0 Å². The normalized spacial score (nSPS) is 27.5. The maximum atomic E-state index is 4.12. The highest BCUT2D eigenvalue weighted by molar-refractivity contribution is 5.45. The predicted octanol–water partition coefficient (Wildman–Crippen LogP) is 4.95. The average Bonchev–Trinajstić information content (AvgIpc) is 2.29. The van der Waals surface area contributed by atoms with E-state index in [1.165, 1.54) is 24.0 Å². The molecular formula is C15H25. The first kappa shape index (κ1) is 14.2. The molecule has 2 atom stereocenters. The molecule has 1 saturated carbocycles. The van der Waals surface area contributed by atoms with Crippen LogP contribution in [-0.2, 0) is 0 Å². The molecule has 0 aromatic carbocycles. The molecule has 1 aliphatic carbocycles. The summed E-state index contributed by atoms with van der Waals surface area (Å²) in [6.07, 6.45) is 8.50. The van der Waals surface area contributed by atoms with Crippen molar-refractivity contribution in [2.24, 2.45) is 11.8 Å². The fraction of sp³-hybridized carbons (Fsp3) is 0.533. The number of hydrogen-bond acceptors (Lipinski definition) is 0. The number of hydrogen-bond donors (Lipinski definition) is 0. The highest BCUT2D eigenvalue weighted by Gasteiger charge is 2.34. The van der Waals surface area contributed by atoms with Crippen molar-refractivity contribution < 1.29 is 0 Å². The first-order chi connectivity index (χ1) is 7.22. The van der Waals surface area contributed by atoms with Crippen molar-refractivity contribution in [2.75, 3.05) is 0 Å². The molecule has 1 fully saturated rings. The summed E-state index contributed by atoms with van der Waals surface area (Å²) < 4.78 is 0. The van der Waals surface area contributed by atoms with Crippen molar-refractivity contribution in [3.63, 3.8) is 0 Å². The van der Waals surface area contributed by atoms with Gasteiger partial charge in [-0.3, -0.25) is 0 Å². The van der Waals surface area contributed by atoms with Gasteiger partial charge in [0.2, 0.25) is 0 Å². The molecule has 0 bridgehead atoms. The summed E-state index contributed by atoms with van der Waals surface area (Å²) in [4.78, 5) is 0. The Hall–Kier alpha value is -0.780. The summed E-state index contributed by atoms with van der Waals surface area (Å²) in [5.74, 6) is 1.43. The summed E-state index contributed by atoms with van der Waals surface area (Å²) >= 11 is 0. The van der Waals surface area contributed by atoms with Crippen LogP contribution in [0, 0.1) is 18.8 Å².